The molecular formula is C15H20FN3. The van der Waals surface area contributed by atoms with Crippen LogP contribution in [-0.2, 0) is 6.54 Å². The van der Waals surface area contributed by atoms with Crippen LogP contribution in [0.15, 0.2) is 18.2 Å². The van der Waals surface area contributed by atoms with E-state index < -0.39 is 0 Å². The molecule has 4 heteroatoms. The van der Waals surface area contributed by atoms with Crippen LogP contribution >= 0.6 is 0 Å². The summed E-state index contributed by atoms with van der Waals surface area (Å²) in [5, 5.41) is 12.3. The maximum absolute atomic E-state index is 13.3. The van der Waals surface area contributed by atoms with Gasteiger partial charge >= 0.3 is 0 Å². The third kappa shape index (κ3) is 4.30. The number of rotatable bonds is 4. The van der Waals surface area contributed by atoms with Crippen LogP contribution in [0.3, 0.4) is 0 Å². The number of nitrogens with zero attached hydrogens (tertiary/aromatic N) is 2. The van der Waals surface area contributed by atoms with Crippen LogP contribution in [0.1, 0.15) is 30.4 Å². The van der Waals surface area contributed by atoms with E-state index in [4.69, 9.17) is 5.26 Å². The zero-order valence-corrected chi connectivity index (χ0v) is 11.3. The van der Waals surface area contributed by atoms with Crippen molar-refractivity contribution in [3.05, 3.63) is 35.1 Å². The van der Waals surface area contributed by atoms with Crippen LogP contribution in [-0.4, -0.2) is 31.1 Å². The zero-order valence-electron chi connectivity index (χ0n) is 11.3. The standard InChI is InChI=1S/C15H20FN3/c1-19(11-15-4-2-3-5-18-15)10-13-6-12(9-17)7-14(16)8-13/h6-8,15,18H,2-5,10-11H2,1H3. The average molecular weight is 261 g/mol. The average Bonchev–Trinajstić information content (AvgIpc) is 2.38. The lowest BCUT2D eigenvalue weighted by atomic mass is 10.0. The van der Waals surface area contributed by atoms with Gasteiger partial charge in [-0.3, -0.25) is 0 Å². The molecule has 0 amide bonds. The quantitative estimate of drug-likeness (QED) is 0.903. The molecule has 0 radical (unpaired) electrons. The highest BCUT2D eigenvalue weighted by atomic mass is 19.1. The van der Waals surface area contributed by atoms with E-state index in [-0.39, 0.29) is 5.82 Å². The van der Waals surface area contributed by atoms with Crippen molar-refractivity contribution in [2.24, 2.45) is 0 Å². The second-order valence-electron chi connectivity index (χ2n) is 5.30. The molecule has 1 atom stereocenters. The van der Waals surface area contributed by atoms with Crippen LogP contribution in [0, 0.1) is 17.1 Å². The van der Waals surface area contributed by atoms with E-state index in [1.54, 1.807) is 6.07 Å². The summed E-state index contributed by atoms with van der Waals surface area (Å²) in [5.41, 5.74) is 1.24. The highest BCUT2D eigenvalue weighted by Gasteiger charge is 2.14. The molecule has 1 N–H and O–H groups in total. The zero-order chi connectivity index (χ0) is 13.7. The van der Waals surface area contributed by atoms with Crippen molar-refractivity contribution >= 4 is 0 Å². The Morgan fingerprint density at radius 1 is 1.42 bits per heavy atom. The summed E-state index contributed by atoms with van der Waals surface area (Å²) in [6.45, 7) is 2.72. The summed E-state index contributed by atoms with van der Waals surface area (Å²) >= 11 is 0. The minimum Gasteiger partial charge on any atom is -0.313 e. The Bertz CT molecular complexity index is 461. The van der Waals surface area contributed by atoms with Crippen LogP contribution in [0.4, 0.5) is 4.39 Å². The fourth-order valence-electron chi connectivity index (χ4n) is 2.64. The predicted molar refractivity (Wildman–Crippen MR) is 73.1 cm³/mol. The molecule has 2 rings (SSSR count). The first-order valence-corrected chi connectivity index (χ1v) is 6.79. The van der Waals surface area contributed by atoms with Crippen LogP contribution < -0.4 is 5.32 Å². The highest BCUT2D eigenvalue weighted by molar-refractivity contribution is 5.33. The molecule has 1 saturated heterocycles. The second-order valence-corrected chi connectivity index (χ2v) is 5.30. The Hall–Kier alpha value is -1.44. The Balaban J connectivity index is 1.92. The number of benzene rings is 1. The van der Waals surface area contributed by atoms with E-state index in [0.717, 1.165) is 18.7 Å². The van der Waals surface area contributed by atoms with Gasteiger partial charge in [0.15, 0.2) is 0 Å². The van der Waals surface area contributed by atoms with E-state index in [1.165, 1.54) is 31.4 Å². The minimum absolute atomic E-state index is 0.335. The van der Waals surface area contributed by atoms with Crippen LogP contribution in [0.25, 0.3) is 0 Å². The van der Waals surface area contributed by atoms with Gasteiger partial charge in [0.2, 0.25) is 0 Å². The van der Waals surface area contributed by atoms with E-state index >= 15 is 0 Å². The molecule has 1 fully saturated rings. The lowest BCUT2D eigenvalue weighted by Gasteiger charge is -2.28. The van der Waals surface area contributed by atoms with Gasteiger partial charge in [-0.1, -0.05) is 6.42 Å². The van der Waals surface area contributed by atoms with Gasteiger partial charge in [0, 0.05) is 19.1 Å². The van der Waals surface area contributed by atoms with E-state index in [9.17, 15) is 4.39 Å². The molecule has 1 aliphatic rings. The number of nitrogens with one attached hydrogen (secondary N) is 1. The third-order valence-corrected chi connectivity index (χ3v) is 3.48. The molecule has 0 aliphatic carbocycles. The number of piperidine rings is 1. The molecule has 1 aromatic carbocycles. The summed E-state index contributed by atoms with van der Waals surface area (Å²) in [6, 6.07) is 7.06. The number of likely N-dealkylation sites (N-methyl/N-ethyl adjacent to an activating group) is 1. The van der Waals surface area contributed by atoms with Gasteiger partial charge in [-0.2, -0.15) is 5.26 Å². The molecule has 3 nitrogen and oxygen atoms in total. The summed E-state index contributed by atoms with van der Waals surface area (Å²) in [5.74, 6) is -0.335. The van der Waals surface area contributed by atoms with Gasteiger partial charge in [-0.15, -0.1) is 0 Å². The summed E-state index contributed by atoms with van der Waals surface area (Å²) in [6.07, 6.45) is 3.75. The Morgan fingerprint density at radius 2 is 2.26 bits per heavy atom. The van der Waals surface area contributed by atoms with Crippen molar-refractivity contribution in [2.75, 3.05) is 20.1 Å². The van der Waals surface area contributed by atoms with Crippen molar-refractivity contribution in [3.63, 3.8) is 0 Å². The van der Waals surface area contributed by atoms with Crippen molar-refractivity contribution in [1.29, 1.82) is 5.26 Å². The second kappa shape index (κ2) is 6.65. The molecule has 19 heavy (non-hydrogen) atoms. The lowest BCUT2D eigenvalue weighted by Crippen LogP contribution is -2.42. The number of hydrogen-bond acceptors (Lipinski definition) is 3. The molecule has 0 saturated carbocycles. The third-order valence-electron chi connectivity index (χ3n) is 3.48. The summed E-state index contributed by atoms with van der Waals surface area (Å²) in [4.78, 5) is 2.18. The molecule has 0 spiro atoms. The number of halogens is 1. The SMILES string of the molecule is CN(Cc1cc(F)cc(C#N)c1)CC1CCCCN1. The van der Waals surface area contributed by atoms with Gasteiger partial charge < -0.3 is 10.2 Å². The van der Waals surface area contributed by atoms with Gasteiger partial charge in [0.25, 0.3) is 0 Å². The van der Waals surface area contributed by atoms with Gasteiger partial charge in [-0.05, 0) is 50.2 Å². The van der Waals surface area contributed by atoms with Crippen molar-refractivity contribution in [3.8, 4) is 6.07 Å². The minimum atomic E-state index is -0.335. The molecule has 102 valence electrons. The normalized spacial score (nSPS) is 19.4. The van der Waals surface area contributed by atoms with E-state index in [2.05, 4.69) is 10.2 Å². The smallest absolute Gasteiger partial charge is 0.124 e. The molecule has 0 bridgehead atoms. The fraction of sp³-hybridized carbons (Fsp3) is 0.533. The van der Waals surface area contributed by atoms with Gasteiger partial charge in [0.05, 0.1) is 11.6 Å². The van der Waals surface area contributed by atoms with Gasteiger partial charge in [-0.25, -0.2) is 4.39 Å². The first kappa shape index (κ1) is 14.0. The molecule has 1 aromatic rings. The summed E-state index contributed by atoms with van der Waals surface area (Å²) in [7, 11) is 2.03. The first-order valence-electron chi connectivity index (χ1n) is 6.79. The molecule has 0 aromatic heterocycles. The highest BCUT2D eigenvalue weighted by Crippen LogP contribution is 2.12. The first-order chi connectivity index (χ1) is 9.17. The lowest BCUT2D eigenvalue weighted by molar-refractivity contribution is 0.256. The predicted octanol–water partition coefficient (Wildman–Crippen LogP) is 2.27. The molecule has 1 aliphatic heterocycles. The molecule has 1 heterocycles. The molecule has 1 unspecified atom stereocenters. The summed E-state index contributed by atoms with van der Waals surface area (Å²) < 4.78 is 13.3. The van der Waals surface area contributed by atoms with Gasteiger partial charge in [0.1, 0.15) is 5.82 Å². The monoisotopic (exact) mass is 261 g/mol. The fourth-order valence-corrected chi connectivity index (χ4v) is 2.64. The number of nitriles is 1. The largest absolute Gasteiger partial charge is 0.313 e. The van der Waals surface area contributed by atoms with Crippen molar-refractivity contribution in [1.82, 2.24) is 10.2 Å². The van der Waals surface area contributed by atoms with Crippen LogP contribution in [0.2, 0.25) is 0 Å². The molecular weight excluding hydrogens is 241 g/mol. The number of hydrogen-bond donors (Lipinski definition) is 1. The maximum Gasteiger partial charge on any atom is 0.124 e. The van der Waals surface area contributed by atoms with E-state index in [1.807, 2.05) is 13.1 Å². The van der Waals surface area contributed by atoms with Crippen LogP contribution in [0.5, 0.6) is 0 Å². The Labute approximate surface area is 114 Å². The Kier molecular flexibility index (Phi) is 4.89. The van der Waals surface area contributed by atoms with Crippen molar-refractivity contribution in [2.45, 2.75) is 31.8 Å². The maximum atomic E-state index is 13.3. The topological polar surface area (TPSA) is 39.1 Å². The Morgan fingerprint density at radius 3 is 2.95 bits per heavy atom. The van der Waals surface area contributed by atoms with Crippen molar-refractivity contribution < 1.29 is 4.39 Å². The van der Waals surface area contributed by atoms with E-state index in [0.29, 0.717) is 18.2 Å².